The van der Waals surface area contributed by atoms with Crippen LogP contribution in [0.3, 0.4) is 0 Å². The predicted octanol–water partition coefficient (Wildman–Crippen LogP) is 4.17. The van der Waals surface area contributed by atoms with E-state index in [0.29, 0.717) is 23.5 Å². The number of hydrogen-bond acceptors (Lipinski definition) is 3. The third-order valence-corrected chi connectivity index (χ3v) is 4.83. The van der Waals surface area contributed by atoms with E-state index in [1.54, 1.807) is 11.0 Å². The van der Waals surface area contributed by atoms with Gasteiger partial charge >= 0.3 is 0 Å². The van der Waals surface area contributed by atoms with Crippen LogP contribution in [-0.4, -0.2) is 21.0 Å². The summed E-state index contributed by atoms with van der Waals surface area (Å²) in [5.41, 5.74) is 12.9. The number of nitrogens with one attached hydrogen (secondary N) is 1. The number of carbonyl (C=O) groups is 1. The van der Waals surface area contributed by atoms with E-state index in [0.717, 1.165) is 33.3 Å². The van der Waals surface area contributed by atoms with Gasteiger partial charge in [0.05, 0.1) is 12.1 Å². The minimum Gasteiger partial charge on any atom is -0.399 e. The molecule has 5 heteroatoms. The number of nitrogens with zero attached hydrogens (tertiary/aromatic N) is 2. The van der Waals surface area contributed by atoms with Crippen LogP contribution in [0.2, 0.25) is 0 Å². The highest BCUT2D eigenvalue weighted by Crippen LogP contribution is 2.37. The molecule has 5 nitrogen and oxygen atoms in total. The highest BCUT2D eigenvalue weighted by Gasteiger charge is 2.31. The summed E-state index contributed by atoms with van der Waals surface area (Å²) in [6, 6.07) is 9.79. The minimum absolute atomic E-state index is 0.0581. The van der Waals surface area contributed by atoms with Gasteiger partial charge in [0.2, 0.25) is 0 Å². The first-order valence-corrected chi connectivity index (χ1v) is 8.50. The van der Waals surface area contributed by atoms with Crippen molar-refractivity contribution in [3.63, 3.8) is 0 Å². The fourth-order valence-corrected chi connectivity index (χ4v) is 3.51. The molecule has 0 aliphatic carbocycles. The van der Waals surface area contributed by atoms with Crippen molar-refractivity contribution in [2.45, 2.75) is 20.4 Å². The standard InChI is InChI=1S/C21H20N4O/c1-4-5-12(2)25-11-19-17(9-15(22)10-18(19)21(25)26)14-6-7-20-16(8-14)13(3)23-24-20/h4-10H,2,11,22H2,1,3H3,(H,23,24)/b5-4+. The van der Waals surface area contributed by atoms with E-state index >= 15 is 0 Å². The first kappa shape index (κ1) is 16.1. The minimum atomic E-state index is -0.0581. The number of amides is 1. The van der Waals surface area contributed by atoms with Crippen molar-refractivity contribution in [2.24, 2.45) is 0 Å². The highest BCUT2D eigenvalue weighted by molar-refractivity contribution is 6.03. The predicted molar refractivity (Wildman–Crippen MR) is 105 cm³/mol. The van der Waals surface area contributed by atoms with Crippen LogP contribution in [0.25, 0.3) is 22.0 Å². The zero-order valence-electron chi connectivity index (χ0n) is 14.8. The molecule has 0 spiro atoms. The second-order valence-electron chi connectivity index (χ2n) is 6.56. The smallest absolute Gasteiger partial charge is 0.259 e. The Hall–Kier alpha value is -3.34. The van der Waals surface area contributed by atoms with Crippen molar-refractivity contribution in [1.82, 2.24) is 15.1 Å². The fraction of sp³-hybridized carbons (Fsp3) is 0.143. The lowest BCUT2D eigenvalue weighted by Gasteiger charge is -2.15. The van der Waals surface area contributed by atoms with Crippen molar-refractivity contribution < 1.29 is 4.79 Å². The molecule has 26 heavy (non-hydrogen) atoms. The summed E-state index contributed by atoms with van der Waals surface area (Å²) in [6.07, 6.45) is 3.72. The highest BCUT2D eigenvalue weighted by atomic mass is 16.2. The molecular formula is C21H20N4O. The van der Waals surface area contributed by atoms with Gasteiger partial charge in [0.15, 0.2) is 0 Å². The number of allylic oxidation sites excluding steroid dienone is 2. The summed E-state index contributed by atoms with van der Waals surface area (Å²) >= 11 is 0. The molecule has 2 aromatic carbocycles. The Morgan fingerprint density at radius 3 is 2.85 bits per heavy atom. The summed E-state index contributed by atoms with van der Waals surface area (Å²) in [7, 11) is 0. The number of anilines is 1. The molecule has 3 aromatic rings. The number of aromatic amines is 1. The molecule has 0 saturated carbocycles. The average Bonchev–Trinajstić information content (AvgIpc) is 3.15. The largest absolute Gasteiger partial charge is 0.399 e. The lowest BCUT2D eigenvalue weighted by atomic mass is 9.95. The first-order valence-electron chi connectivity index (χ1n) is 8.50. The van der Waals surface area contributed by atoms with Crippen molar-refractivity contribution in [1.29, 1.82) is 0 Å². The second kappa shape index (κ2) is 5.88. The normalized spacial score (nSPS) is 13.8. The maximum atomic E-state index is 12.8. The zero-order valence-corrected chi connectivity index (χ0v) is 14.8. The second-order valence-corrected chi connectivity index (χ2v) is 6.56. The van der Waals surface area contributed by atoms with Crippen LogP contribution >= 0.6 is 0 Å². The Labute approximate surface area is 151 Å². The van der Waals surface area contributed by atoms with E-state index in [1.807, 2.05) is 44.2 Å². The van der Waals surface area contributed by atoms with Gasteiger partial charge in [-0.05, 0) is 60.9 Å². The van der Waals surface area contributed by atoms with Crippen molar-refractivity contribution in [2.75, 3.05) is 5.73 Å². The molecule has 0 fully saturated rings. The van der Waals surface area contributed by atoms with Gasteiger partial charge in [0.25, 0.3) is 5.91 Å². The van der Waals surface area contributed by atoms with Gasteiger partial charge in [-0.1, -0.05) is 18.7 Å². The van der Waals surface area contributed by atoms with Crippen LogP contribution in [0.4, 0.5) is 5.69 Å². The molecule has 1 aliphatic rings. The number of benzene rings is 2. The molecule has 0 saturated heterocycles. The van der Waals surface area contributed by atoms with Crippen LogP contribution in [-0.2, 0) is 6.54 Å². The molecular weight excluding hydrogens is 324 g/mol. The van der Waals surface area contributed by atoms with Crippen LogP contribution < -0.4 is 5.73 Å². The number of H-pyrrole nitrogens is 1. The number of aryl methyl sites for hydroxylation is 1. The number of hydrogen-bond donors (Lipinski definition) is 2. The Balaban J connectivity index is 1.87. The van der Waals surface area contributed by atoms with Gasteiger partial charge in [-0.3, -0.25) is 9.89 Å². The molecule has 130 valence electrons. The van der Waals surface area contributed by atoms with Gasteiger partial charge in [0.1, 0.15) is 0 Å². The monoisotopic (exact) mass is 344 g/mol. The molecule has 1 aliphatic heterocycles. The van der Waals surface area contributed by atoms with Crippen molar-refractivity contribution >= 4 is 22.5 Å². The molecule has 3 N–H and O–H groups in total. The van der Waals surface area contributed by atoms with Crippen molar-refractivity contribution in [3.05, 3.63) is 71.6 Å². The quantitative estimate of drug-likeness (QED) is 0.553. The van der Waals surface area contributed by atoms with Gasteiger partial charge in [0, 0.05) is 28.0 Å². The van der Waals surface area contributed by atoms with Crippen LogP contribution in [0.15, 0.2) is 54.8 Å². The summed E-state index contributed by atoms with van der Waals surface area (Å²) in [6.45, 7) is 8.40. The third kappa shape index (κ3) is 2.40. The molecule has 2 heterocycles. The van der Waals surface area contributed by atoms with E-state index in [9.17, 15) is 4.79 Å². The van der Waals surface area contributed by atoms with Crippen LogP contribution in [0.5, 0.6) is 0 Å². The number of carbonyl (C=O) groups excluding carboxylic acids is 1. The topological polar surface area (TPSA) is 75.0 Å². The van der Waals surface area contributed by atoms with Gasteiger partial charge in [-0.15, -0.1) is 0 Å². The van der Waals surface area contributed by atoms with Gasteiger partial charge in [-0.2, -0.15) is 5.10 Å². The summed E-state index contributed by atoms with van der Waals surface area (Å²) in [5.74, 6) is -0.0581. The lowest BCUT2D eigenvalue weighted by molar-refractivity contribution is 0.0832. The summed E-state index contributed by atoms with van der Waals surface area (Å²) < 4.78 is 0. The lowest BCUT2D eigenvalue weighted by Crippen LogP contribution is -2.21. The molecule has 1 aromatic heterocycles. The number of nitrogens with two attached hydrogens (primary N) is 1. The molecule has 0 atom stereocenters. The van der Waals surface area contributed by atoms with Gasteiger partial charge in [-0.25, -0.2) is 0 Å². The number of aromatic nitrogens is 2. The molecule has 0 unspecified atom stereocenters. The molecule has 1 amide bonds. The van der Waals surface area contributed by atoms with E-state index < -0.39 is 0 Å². The molecule has 0 radical (unpaired) electrons. The van der Waals surface area contributed by atoms with Crippen molar-refractivity contribution in [3.8, 4) is 11.1 Å². The maximum absolute atomic E-state index is 12.8. The zero-order chi connectivity index (χ0) is 18.4. The summed E-state index contributed by atoms with van der Waals surface area (Å²) in [4.78, 5) is 14.5. The van der Waals surface area contributed by atoms with Gasteiger partial charge < -0.3 is 10.6 Å². The van der Waals surface area contributed by atoms with Crippen LogP contribution in [0.1, 0.15) is 28.5 Å². The SMILES string of the molecule is C=C(/C=C/C)N1Cc2c(cc(N)cc2-c2ccc3n[nH]c(C)c3c2)C1=O. The first-order chi connectivity index (χ1) is 12.5. The van der Waals surface area contributed by atoms with Crippen LogP contribution in [0, 0.1) is 6.92 Å². The fourth-order valence-electron chi connectivity index (χ4n) is 3.51. The van der Waals surface area contributed by atoms with E-state index in [4.69, 9.17) is 5.73 Å². The van der Waals surface area contributed by atoms with E-state index in [1.165, 1.54) is 0 Å². The molecule has 4 rings (SSSR count). The number of fused-ring (bicyclic) bond motifs is 2. The number of nitrogen functional groups attached to an aromatic ring is 1. The average molecular weight is 344 g/mol. The maximum Gasteiger partial charge on any atom is 0.259 e. The molecule has 0 bridgehead atoms. The Morgan fingerprint density at radius 2 is 2.08 bits per heavy atom. The Bertz CT molecular complexity index is 1090. The van der Waals surface area contributed by atoms with E-state index in [-0.39, 0.29) is 5.91 Å². The number of rotatable bonds is 3. The Kier molecular flexibility index (Phi) is 3.65. The van der Waals surface area contributed by atoms with E-state index in [2.05, 4.69) is 22.8 Å². The third-order valence-electron chi connectivity index (χ3n) is 4.83. The summed E-state index contributed by atoms with van der Waals surface area (Å²) in [5, 5.41) is 8.35. The Morgan fingerprint density at radius 1 is 1.31 bits per heavy atom.